The molecule has 0 saturated carbocycles. The molecule has 10 heteroatoms. The maximum atomic E-state index is 11.7. The van der Waals surface area contributed by atoms with Crippen LogP contribution in [0.1, 0.15) is 11.9 Å². The Balaban J connectivity index is 2.05. The summed E-state index contributed by atoms with van der Waals surface area (Å²) >= 11 is 0. The Morgan fingerprint density at radius 1 is 1.30 bits per heavy atom. The van der Waals surface area contributed by atoms with Crippen LogP contribution in [0.25, 0.3) is 11.0 Å². The first-order chi connectivity index (χ1) is 10.6. The second-order valence-corrected chi connectivity index (χ2v) is 9.46. The van der Waals surface area contributed by atoms with E-state index in [2.05, 4.69) is 9.71 Å². The van der Waals surface area contributed by atoms with Crippen LogP contribution < -0.4 is 4.72 Å². The molecule has 1 aliphatic heterocycles. The van der Waals surface area contributed by atoms with E-state index in [1.165, 1.54) is 12.1 Å². The summed E-state index contributed by atoms with van der Waals surface area (Å²) in [5.74, 6) is 0.650. The molecule has 0 spiro atoms. The van der Waals surface area contributed by atoms with E-state index in [1.54, 1.807) is 6.07 Å². The largest absolute Gasteiger partial charge is 0.371 e. The maximum absolute atomic E-state index is 11.7. The second kappa shape index (κ2) is 5.55. The van der Waals surface area contributed by atoms with Crippen molar-refractivity contribution < 1.29 is 21.6 Å². The van der Waals surface area contributed by atoms with Gasteiger partial charge in [0.2, 0.25) is 10.0 Å². The number of hydrogen-bond acceptors (Lipinski definition) is 6. The predicted molar refractivity (Wildman–Crippen MR) is 84.4 cm³/mol. The first-order valence-corrected chi connectivity index (χ1v) is 10.7. The van der Waals surface area contributed by atoms with E-state index in [9.17, 15) is 16.8 Å². The fraction of sp³-hybridized carbons (Fsp3) is 0.462. The van der Waals surface area contributed by atoms with E-state index >= 15 is 0 Å². The molecular weight excluding hydrogens is 342 g/mol. The SMILES string of the molecule is CS(=O)(=O)NC[C@H]1COCc2nc3cc(S(C)(=O)=O)ccc3n21. The summed E-state index contributed by atoms with van der Waals surface area (Å²) in [6, 6.07) is 4.52. The van der Waals surface area contributed by atoms with Crippen molar-refractivity contribution in [1.29, 1.82) is 0 Å². The van der Waals surface area contributed by atoms with Crippen molar-refractivity contribution in [3.05, 3.63) is 24.0 Å². The Kier molecular flexibility index (Phi) is 3.95. The second-order valence-electron chi connectivity index (χ2n) is 5.61. The summed E-state index contributed by atoms with van der Waals surface area (Å²) in [5.41, 5.74) is 1.31. The van der Waals surface area contributed by atoms with E-state index in [4.69, 9.17) is 4.74 Å². The third kappa shape index (κ3) is 3.39. The number of sulfone groups is 1. The first kappa shape index (κ1) is 16.4. The summed E-state index contributed by atoms with van der Waals surface area (Å²) < 4.78 is 55.8. The van der Waals surface area contributed by atoms with Gasteiger partial charge in [-0.2, -0.15) is 0 Å². The lowest BCUT2D eigenvalue weighted by Crippen LogP contribution is -2.35. The highest BCUT2D eigenvalue weighted by atomic mass is 32.2. The van der Waals surface area contributed by atoms with Crippen LogP contribution >= 0.6 is 0 Å². The molecule has 0 bridgehead atoms. The lowest BCUT2D eigenvalue weighted by molar-refractivity contribution is 0.0581. The average molecular weight is 359 g/mol. The van der Waals surface area contributed by atoms with E-state index in [1.807, 2.05) is 4.57 Å². The lowest BCUT2D eigenvalue weighted by Gasteiger charge is -2.26. The molecule has 1 aromatic carbocycles. The number of benzene rings is 1. The number of hydrogen-bond donors (Lipinski definition) is 1. The number of ether oxygens (including phenoxy) is 1. The van der Waals surface area contributed by atoms with E-state index in [0.717, 1.165) is 18.0 Å². The van der Waals surface area contributed by atoms with Gasteiger partial charge in [-0.15, -0.1) is 0 Å². The molecule has 1 aromatic heterocycles. The Hall–Kier alpha value is -1.49. The Bertz CT molecular complexity index is 963. The van der Waals surface area contributed by atoms with Gasteiger partial charge in [-0.05, 0) is 18.2 Å². The molecular formula is C13H17N3O5S2. The molecule has 1 atom stereocenters. The van der Waals surface area contributed by atoms with E-state index in [0.29, 0.717) is 24.6 Å². The van der Waals surface area contributed by atoms with Crippen LogP contribution in [0.5, 0.6) is 0 Å². The number of nitrogens with zero attached hydrogens (tertiary/aromatic N) is 2. The molecule has 0 amide bonds. The van der Waals surface area contributed by atoms with Gasteiger partial charge in [-0.1, -0.05) is 0 Å². The van der Waals surface area contributed by atoms with Gasteiger partial charge < -0.3 is 9.30 Å². The van der Waals surface area contributed by atoms with Crippen molar-refractivity contribution >= 4 is 30.9 Å². The number of imidazole rings is 1. The topological polar surface area (TPSA) is 107 Å². The van der Waals surface area contributed by atoms with Gasteiger partial charge in [0.15, 0.2) is 9.84 Å². The van der Waals surface area contributed by atoms with E-state index in [-0.39, 0.29) is 17.5 Å². The van der Waals surface area contributed by atoms with Gasteiger partial charge in [0, 0.05) is 12.8 Å². The fourth-order valence-electron chi connectivity index (χ4n) is 2.63. The van der Waals surface area contributed by atoms with E-state index < -0.39 is 19.9 Å². The standard InChI is InChI=1S/C13H17N3O5S2/c1-22(17,18)10-3-4-12-11(5-10)15-13-8-21-7-9(16(12)13)6-14-23(2,19)20/h3-5,9,14H,6-8H2,1-2H3/t9-/m0/s1. The zero-order valence-electron chi connectivity index (χ0n) is 12.7. The molecule has 126 valence electrons. The zero-order chi connectivity index (χ0) is 16.8. The minimum atomic E-state index is -3.31. The first-order valence-electron chi connectivity index (χ1n) is 6.88. The van der Waals surface area contributed by atoms with Crippen LogP contribution in [-0.4, -0.2) is 52.0 Å². The molecule has 0 saturated heterocycles. The number of sulfonamides is 1. The van der Waals surface area contributed by atoms with Crippen molar-refractivity contribution in [2.75, 3.05) is 25.7 Å². The summed E-state index contributed by atoms with van der Waals surface area (Å²) in [5, 5.41) is 0. The van der Waals surface area contributed by atoms with Gasteiger partial charge in [-0.25, -0.2) is 26.5 Å². The van der Waals surface area contributed by atoms with Gasteiger partial charge >= 0.3 is 0 Å². The lowest BCUT2D eigenvalue weighted by atomic mass is 10.2. The molecule has 23 heavy (non-hydrogen) atoms. The summed E-state index contributed by atoms with van der Waals surface area (Å²) in [6.45, 7) is 0.845. The molecule has 0 unspecified atom stereocenters. The maximum Gasteiger partial charge on any atom is 0.208 e. The molecule has 0 fully saturated rings. The fourth-order valence-corrected chi connectivity index (χ4v) is 3.76. The number of rotatable bonds is 4. The van der Waals surface area contributed by atoms with Crippen LogP contribution in [-0.2, 0) is 31.2 Å². The van der Waals surface area contributed by atoms with Crippen molar-refractivity contribution in [1.82, 2.24) is 14.3 Å². The Morgan fingerprint density at radius 2 is 2.04 bits per heavy atom. The monoisotopic (exact) mass is 359 g/mol. The third-order valence-corrected chi connectivity index (χ3v) is 5.45. The number of fused-ring (bicyclic) bond motifs is 3. The highest BCUT2D eigenvalue weighted by Gasteiger charge is 2.25. The normalized spacial score (nSPS) is 19.0. The highest BCUT2D eigenvalue weighted by Crippen LogP contribution is 2.27. The molecule has 8 nitrogen and oxygen atoms in total. The molecule has 1 N–H and O–H groups in total. The molecule has 2 aromatic rings. The zero-order valence-corrected chi connectivity index (χ0v) is 14.3. The minimum Gasteiger partial charge on any atom is -0.371 e. The Labute approximate surface area is 134 Å². The molecule has 3 rings (SSSR count). The van der Waals surface area contributed by atoms with Crippen LogP contribution in [0.4, 0.5) is 0 Å². The predicted octanol–water partition coefficient (Wildman–Crippen LogP) is 0.0603. The van der Waals surface area contributed by atoms with Gasteiger partial charge in [0.25, 0.3) is 0 Å². The van der Waals surface area contributed by atoms with Crippen LogP contribution in [0.3, 0.4) is 0 Å². The van der Waals surface area contributed by atoms with Gasteiger partial charge in [0.1, 0.15) is 12.4 Å². The molecule has 0 radical (unpaired) electrons. The average Bonchev–Trinajstić information content (AvgIpc) is 2.81. The molecule has 0 aliphatic carbocycles. The number of aromatic nitrogens is 2. The summed E-state index contributed by atoms with van der Waals surface area (Å²) in [7, 11) is -6.62. The van der Waals surface area contributed by atoms with Crippen LogP contribution in [0, 0.1) is 0 Å². The molecule has 1 aliphatic rings. The number of nitrogens with one attached hydrogen (secondary N) is 1. The highest BCUT2D eigenvalue weighted by molar-refractivity contribution is 7.90. The Morgan fingerprint density at radius 3 is 2.70 bits per heavy atom. The van der Waals surface area contributed by atoms with Crippen molar-refractivity contribution in [3.63, 3.8) is 0 Å². The van der Waals surface area contributed by atoms with Gasteiger partial charge in [-0.3, -0.25) is 0 Å². The van der Waals surface area contributed by atoms with Crippen molar-refractivity contribution in [3.8, 4) is 0 Å². The van der Waals surface area contributed by atoms with Gasteiger partial charge in [0.05, 0.1) is 34.8 Å². The summed E-state index contributed by atoms with van der Waals surface area (Å²) in [6.07, 6.45) is 2.24. The van der Waals surface area contributed by atoms with Crippen LogP contribution in [0.15, 0.2) is 23.1 Å². The third-order valence-electron chi connectivity index (χ3n) is 3.65. The smallest absolute Gasteiger partial charge is 0.208 e. The van der Waals surface area contributed by atoms with Crippen molar-refractivity contribution in [2.24, 2.45) is 0 Å². The van der Waals surface area contributed by atoms with Crippen LogP contribution in [0.2, 0.25) is 0 Å². The van der Waals surface area contributed by atoms with Crippen molar-refractivity contribution in [2.45, 2.75) is 17.5 Å². The quantitative estimate of drug-likeness (QED) is 0.827. The minimum absolute atomic E-state index is 0.186. The summed E-state index contributed by atoms with van der Waals surface area (Å²) in [4.78, 5) is 4.62. The molecule has 2 heterocycles.